The molecule has 0 spiro atoms. The first kappa shape index (κ1) is 11.8. The van der Waals surface area contributed by atoms with Crippen LogP contribution in [0.3, 0.4) is 0 Å². The van der Waals surface area contributed by atoms with Gasteiger partial charge in [0.2, 0.25) is 5.89 Å². The van der Waals surface area contributed by atoms with Gasteiger partial charge in [0.15, 0.2) is 5.82 Å². The number of nitrogens with one attached hydrogen (secondary N) is 1. The van der Waals surface area contributed by atoms with Gasteiger partial charge in [0.05, 0.1) is 0 Å². The Balaban J connectivity index is 1.79. The topological polar surface area (TPSA) is 51.0 Å². The number of hydrogen-bond acceptors (Lipinski definition) is 4. The van der Waals surface area contributed by atoms with Gasteiger partial charge in [-0.3, -0.25) is 0 Å². The Morgan fingerprint density at radius 3 is 2.71 bits per heavy atom. The highest BCUT2D eigenvalue weighted by Gasteiger charge is 2.05. The molecule has 0 aliphatic carbocycles. The summed E-state index contributed by atoms with van der Waals surface area (Å²) in [4.78, 5) is 4.16. The zero-order valence-corrected chi connectivity index (χ0v) is 10.2. The lowest BCUT2D eigenvalue weighted by Gasteiger charge is -2.12. The lowest BCUT2D eigenvalue weighted by atomic mass is 10.1. The van der Waals surface area contributed by atoms with Gasteiger partial charge >= 0.3 is 0 Å². The van der Waals surface area contributed by atoms with Gasteiger partial charge in [-0.2, -0.15) is 4.98 Å². The molecule has 0 aliphatic heterocycles. The molecular formula is C13H17N3O. The summed E-state index contributed by atoms with van der Waals surface area (Å²) in [7, 11) is 0. The minimum absolute atomic E-state index is 0.334. The van der Waals surface area contributed by atoms with Gasteiger partial charge in [0.1, 0.15) is 0 Å². The van der Waals surface area contributed by atoms with Crippen LogP contribution in [0.4, 0.5) is 0 Å². The Morgan fingerprint density at radius 2 is 2.06 bits per heavy atom. The molecule has 1 atom stereocenters. The minimum atomic E-state index is 0.334. The summed E-state index contributed by atoms with van der Waals surface area (Å²) in [5.41, 5.74) is 1.29. The van der Waals surface area contributed by atoms with Crippen LogP contribution in [0.5, 0.6) is 0 Å². The van der Waals surface area contributed by atoms with E-state index in [9.17, 15) is 0 Å². The average Bonchev–Trinajstić information content (AvgIpc) is 2.76. The standard InChI is InChI=1S/C13H17N3O/c1-10(12-6-4-3-5-7-12)14-9-8-13-15-11(2)16-17-13/h3-7,10,14H,8-9H2,1-2H3. The first-order chi connectivity index (χ1) is 8.25. The fourth-order valence-electron chi connectivity index (χ4n) is 1.70. The van der Waals surface area contributed by atoms with Crippen LogP contribution in [0.25, 0.3) is 0 Å². The van der Waals surface area contributed by atoms with Crippen molar-refractivity contribution in [1.29, 1.82) is 0 Å². The second-order valence-electron chi connectivity index (χ2n) is 4.07. The van der Waals surface area contributed by atoms with E-state index in [1.165, 1.54) is 5.56 Å². The molecule has 1 aromatic carbocycles. The lowest BCUT2D eigenvalue weighted by molar-refractivity contribution is 0.370. The maximum absolute atomic E-state index is 5.05. The molecule has 0 aliphatic rings. The van der Waals surface area contributed by atoms with Gasteiger partial charge in [0, 0.05) is 19.0 Å². The van der Waals surface area contributed by atoms with E-state index in [1.807, 2.05) is 13.0 Å². The molecule has 0 bridgehead atoms. The van der Waals surface area contributed by atoms with Gasteiger partial charge < -0.3 is 9.84 Å². The third kappa shape index (κ3) is 3.39. The predicted molar refractivity (Wildman–Crippen MR) is 65.6 cm³/mol. The Hall–Kier alpha value is -1.68. The van der Waals surface area contributed by atoms with E-state index in [2.05, 4.69) is 46.6 Å². The highest BCUT2D eigenvalue weighted by atomic mass is 16.5. The van der Waals surface area contributed by atoms with Gasteiger partial charge in [-0.1, -0.05) is 35.5 Å². The number of aromatic nitrogens is 2. The van der Waals surface area contributed by atoms with Gasteiger partial charge in [-0.25, -0.2) is 0 Å². The van der Waals surface area contributed by atoms with Gasteiger partial charge in [-0.15, -0.1) is 0 Å². The van der Waals surface area contributed by atoms with Crippen LogP contribution in [-0.4, -0.2) is 16.7 Å². The quantitative estimate of drug-likeness (QED) is 0.857. The fraction of sp³-hybridized carbons (Fsp3) is 0.385. The maximum Gasteiger partial charge on any atom is 0.227 e. The summed E-state index contributed by atoms with van der Waals surface area (Å²) >= 11 is 0. The Morgan fingerprint density at radius 1 is 1.29 bits per heavy atom. The highest BCUT2D eigenvalue weighted by Crippen LogP contribution is 2.10. The van der Waals surface area contributed by atoms with E-state index < -0.39 is 0 Å². The van der Waals surface area contributed by atoms with Crippen molar-refractivity contribution in [3.8, 4) is 0 Å². The monoisotopic (exact) mass is 231 g/mol. The van der Waals surface area contributed by atoms with Crippen LogP contribution in [0.2, 0.25) is 0 Å². The first-order valence-electron chi connectivity index (χ1n) is 5.83. The smallest absolute Gasteiger partial charge is 0.227 e. The fourth-order valence-corrected chi connectivity index (χ4v) is 1.70. The average molecular weight is 231 g/mol. The molecule has 0 radical (unpaired) electrons. The van der Waals surface area contributed by atoms with E-state index in [0.717, 1.165) is 13.0 Å². The molecule has 0 fully saturated rings. The zero-order chi connectivity index (χ0) is 12.1. The first-order valence-corrected chi connectivity index (χ1v) is 5.83. The normalized spacial score (nSPS) is 12.6. The minimum Gasteiger partial charge on any atom is -0.339 e. The van der Waals surface area contributed by atoms with Crippen molar-refractivity contribution >= 4 is 0 Å². The van der Waals surface area contributed by atoms with Crippen molar-refractivity contribution in [2.75, 3.05) is 6.54 Å². The number of aryl methyl sites for hydroxylation is 1. The van der Waals surface area contributed by atoms with Crippen LogP contribution >= 0.6 is 0 Å². The Labute approximate surface area is 101 Å². The van der Waals surface area contributed by atoms with Crippen molar-refractivity contribution in [2.45, 2.75) is 26.3 Å². The molecule has 2 rings (SSSR count). The molecule has 90 valence electrons. The summed E-state index contributed by atoms with van der Waals surface area (Å²) in [6.45, 7) is 4.80. The van der Waals surface area contributed by atoms with Crippen molar-refractivity contribution in [1.82, 2.24) is 15.5 Å². The predicted octanol–water partition coefficient (Wildman–Crippen LogP) is 2.27. The van der Waals surface area contributed by atoms with Crippen LogP contribution < -0.4 is 5.32 Å². The largest absolute Gasteiger partial charge is 0.339 e. The summed E-state index contributed by atoms with van der Waals surface area (Å²) in [5, 5.41) is 7.19. The van der Waals surface area contributed by atoms with Crippen LogP contribution in [0.1, 0.15) is 30.2 Å². The van der Waals surface area contributed by atoms with Crippen molar-refractivity contribution < 1.29 is 4.52 Å². The maximum atomic E-state index is 5.05. The van der Waals surface area contributed by atoms with Crippen LogP contribution in [0.15, 0.2) is 34.9 Å². The third-order valence-electron chi connectivity index (χ3n) is 2.66. The third-order valence-corrected chi connectivity index (χ3v) is 2.66. The summed E-state index contributed by atoms with van der Waals surface area (Å²) in [6.07, 6.45) is 0.762. The molecule has 1 heterocycles. The molecule has 1 aromatic heterocycles. The summed E-state index contributed by atoms with van der Waals surface area (Å²) in [5.74, 6) is 1.38. The number of nitrogens with zero attached hydrogens (tertiary/aromatic N) is 2. The van der Waals surface area contributed by atoms with Gasteiger partial charge in [-0.05, 0) is 19.4 Å². The van der Waals surface area contributed by atoms with Crippen LogP contribution in [0, 0.1) is 6.92 Å². The second-order valence-corrected chi connectivity index (χ2v) is 4.07. The molecule has 0 amide bonds. The molecule has 1 unspecified atom stereocenters. The molecule has 4 nitrogen and oxygen atoms in total. The molecule has 2 aromatic rings. The van der Waals surface area contributed by atoms with E-state index >= 15 is 0 Å². The number of rotatable bonds is 5. The van der Waals surface area contributed by atoms with E-state index in [-0.39, 0.29) is 0 Å². The van der Waals surface area contributed by atoms with Crippen molar-refractivity contribution in [3.05, 3.63) is 47.6 Å². The number of hydrogen-bond donors (Lipinski definition) is 1. The molecular weight excluding hydrogens is 214 g/mol. The summed E-state index contributed by atoms with van der Waals surface area (Å²) in [6, 6.07) is 10.7. The van der Waals surface area contributed by atoms with Crippen molar-refractivity contribution in [3.63, 3.8) is 0 Å². The van der Waals surface area contributed by atoms with Crippen molar-refractivity contribution in [2.24, 2.45) is 0 Å². The van der Waals surface area contributed by atoms with Crippen LogP contribution in [-0.2, 0) is 6.42 Å². The molecule has 1 N–H and O–H groups in total. The van der Waals surface area contributed by atoms with E-state index in [4.69, 9.17) is 4.52 Å². The van der Waals surface area contributed by atoms with E-state index in [0.29, 0.717) is 17.8 Å². The molecule has 0 saturated heterocycles. The zero-order valence-electron chi connectivity index (χ0n) is 10.2. The van der Waals surface area contributed by atoms with Gasteiger partial charge in [0.25, 0.3) is 0 Å². The number of benzene rings is 1. The molecule has 17 heavy (non-hydrogen) atoms. The Bertz CT molecular complexity index is 453. The lowest BCUT2D eigenvalue weighted by Crippen LogP contribution is -2.21. The molecule has 4 heteroatoms. The Kier molecular flexibility index (Phi) is 3.88. The SMILES string of the molecule is Cc1noc(CCNC(C)c2ccccc2)n1. The second kappa shape index (κ2) is 5.59. The molecule has 0 saturated carbocycles. The summed E-state index contributed by atoms with van der Waals surface area (Å²) < 4.78 is 5.05. The highest BCUT2D eigenvalue weighted by molar-refractivity contribution is 5.17. The van der Waals surface area contributed by atoms with E-state index in [1.54, 1.807) is 0 Å².